The van der Waals surface area contributed by atoms with Gasteiger partial charge in [0, 0.05) is 19.3 Å². The minimum atomic E-state index is -1.00. The van der Waals surface area contributed by atoms with Crippen molar-refractivity contribution < 1.29 is 19.4 Å². The van der Waals surface area contributed by atoms with Crippen LogP contribution >= 0.6 is 11.8 Å². The largest absolute Gasteiger partial charge is 0.480 e. The van der Waals surface area contributed by atoms with Gasteiger partial charge in [-0.1, -0.05) is 0 Å². The van der Waals surface area contributed by atoms with E-state index in [2.05, 4.69) is 5.32 Å². The summed E-state index contributed by atoms with van der Waals surface area (Å²) in [5.74, 6) is -0.976. The first-order valence-electron chi connectivity index (χ1n) is 5.32. The number of hydrogen-bond acceptors (Lipinski definition) is 4. The number of ether oxygens (including phenoxy) is 1. The summed E-state index contributed by atoms with van der Waals surface area (Å²) in [6, 6.07) is -0.826. The normalized spacial score (nSPS) is 22.4. The quantitative estimate of drug-likeness (QED) is 0.752. The molecule has 92 valence electrons. The molecule has 2 atom stereocenters. The second-order valence-electron chi connectivity index (χ2n) is 3.72. The van der Waals surface area contributed by atoms with Gasteiger partial charge in [-0.2, -0.15) is 0 Å². The molecule has 1 fully saturated rings. The van der Waals surface area contributed by atoms with Crippen molar-refractivity contribution in [2.45, 2.75) is 37.7 Å². The molecule has 0 saturated carbocycles. The first kappa shape index (κ1) is 13.3. The lowest BCUT2D eigenvalue weighted by molar-refractivity contribution is -0.140. The van der Waals surface area contributed by atoms with Gasteiger partial charge in [-0.3, -0.25) is 4.79 Å². The zero-order valence-corrected chi connectivity index (χ0v) is 10.1. The van der Waals surface area contributed by atoms with Gasteiger partial charge in [0.1, 0.15) is 11.5 Å². The van der Waals surface area contributed by atoms with Gasteiger partial charge in [-0.25, -0.2) is 4.79 Å². The molecule has 0 aliphatic carbocycles. The third-order valence-corrected chi connectivity index (χ3v) is 3.53. The number of aliphatic carboxylic acids is 1. The highest BCUT2D eigenvalue weighted by atomic mass is 32.2. The van der Waals surface area contributed by atoms with E-state index in [-0.39, 0.29) is 11.3 Å². The van der Waals surface area contributed by atoms with Crippen molar-refractivity contribution in [1.82, 2.24) is 5.32 Å². The van der Waals surface area contributed by atoms with Gasteiger partial charge in [-0.05, 0) is 19.3 Å². The molecule has 1 aliphatic rings. The van der Waals surface area contributed by atoms with Crippen LogP contribution in [0.5, 0.6) is 0 Å². The van der Waals surface area contributed by atoms with Crippen LogP contribution in [0.4, 0.5) is 0 Å². The average Bonchev–Trinajstić information content (AvgIpc) is 2.25. The molecule has 0 spiro atoms. The van der Waals surface area contributed by atoms with Crippen LogP contribution < -0.4 is 5.32 Å². The Labute approximate surface area is 98.9 Å². The second-order valence-corrected chi connectivity index (χ2v) is 4.91. The van der Waals surface area contributed by atoms with E-state index in [0.29, 0.717) is 5.75 Å². The summed E-state index contributed by atoms with van der Waals surface area (Å²) in [6.07, 6.45) is 3.15. The fourth-order valence-corrected chi connectivity index (χ4v) is 2.63. The molecule has 0 aromatic rings. The molecule has 1 rings (SSSR count). The lowest BCUT2D eigenvalue weighted by Crippen LogP contribution is -2.42. The van der Waals surface area contributed by atoms with Crippen LogP contribution in [0.3, 0.4) is 0 Å². The highest BCUT2D eigenvalue weighted by Crippen LogP contribution is 2.23. The molecule has 1 saturated heterocycles. The Bertz CT molecular complexity index is 253. The Morgan fingerprint density at radius 2 is 2.31 bits per heavy atom. The number of rotatable bonds is 5. The van der Waals surface area contributed by atoms with Gasteiger partial charge < -0.3 is 15.2 Å². The molecule has 1 aliphatic heterocycles. The highest BCUT2D eigenvalue weighted by molar-refractivity contribution is 7.99. The molecule has 1 amide bonds. The van der Waals surface area contributed by atoms with E-state index in [1.165, 1.54) is 18.7 Å². The number of amides is 1. The summed E-state index contributed by atoms with van der Waals surface area (Å²) in [6.45, 7) is 2.06. The molecule has 0 aromatic heterocycles. The number of carbonyl (C=O) groups excluding carboxylic acids is 1. The van der Waals surface area contributed by atoms with Crippen molar-refractivity contribution in [3.63, 3.8) is 0 Å². The molecule has 6 heteroatoms. The van der Waals surface area contributed by atoms with E-state index in [0.717, 1.165) is 25.9 Å². The van der Waals surface area contributed by atoms with Crippen molar-refractivity contribution in [2.75, 3.05) is 12.4 Å². The zero-order valence-electron chi connectivity index (χ0n) is 9.27. The van der Waals surface area contributed by atoms with Crippen molar-refractivity contribution in [2.24, 2.45) is 0 Å². The third kappa shape index (κ3) is 4.85. The van der Waals surface area contributed by atoms with Crippen LogP contribution in [-0.2, 0) is 14.3 Å². The van der Waals surface area contributed by atoms with Crippen molar-refractivity contribution in [3.05, 3.63) is 0 Å². The molecule has 1 heterocycles. The first-order valence-corrected chi connectivity index (χ1v) is 6.37. The Balaban J connectivity index is 2.30. The van der Waals surface area contributed by atoms with E-state index < -0.39 is 12.0 Å². The number of hydrogen-bond donors (Lipinski definition) is 2. The van der Waals surface area contributed by atoms with Gasteiger partial charge >= 0.3 is 5.97 Å². The summed E-state index contributed by atoms with van der Waals surface area (Å²) in [5.41, 5.74) is 0.0735. The van der Waals surface area contributed by atoms with Gasteiger partial charge in [-0.15, -0.1) is 11.8 Å². The van der Waals surface area contributed by atoms with Gasteiger partial charge in [0.2, 0.25) is 5.91 Å². The highest BCUT2D eigenvalue weighted by Gasteiger charge is 2.22. The Hall–Kier alpha value is -0.750. The van der Waals surface area contributed by atoms with Crippen LogP contribution in [0.2, 0.25) is 0 Å². The molecule has 5 nitrogen and oxygen atoms in total. The van der Waals surface area contributed by atoms with Crippen LogP contribution in [-0.4, -0.2) is 40.8 Å². The third-order valence-electron chi connectivity index (χ3n) is 2.26. The van der Waals surface area contributed by atoms with E-state index in [1.54, 1.807) is 0 Å². The molecule has 1 unspecified atom stereocenters. The van der Waals surface area contributed by atoms with Crippen LogP contribution in [0, 0.1) is 0 Å². The van der Waals surface area contributed by atoms with Crippen molar-refractivity contribution >= 4 is 23.6 Å². The van der Waals surface area contributed by atoms with Crippen LogP contribution in [0.15, 0.2) is 0 Å². The number of carboxylic acid groups (broad SMARTS) is 1. The monoisotopic (exact) mass is 247 g/mol. The summed E-state index contributed by atoms with van der Waals surface area (Å²) in [7, 11) is 0. The topological polar surface area (TPSA) is 75.6 Å². The molecule has 0 aromatic carbocycles. The van der Waals surface area contributed by atoms with Crippen molar-refractivity contribution in [1.29, 1.82) is 0 Å². The van der Waals surface area contributed by atoms with E-state index in [9.17, 15) is 9.59 Å². The number of nitrogens with one attached hydrogen (secondary N) is 1. The maximum Gasteiger partial charge on any atom is 0.327 e. The molecule has 2 N–H and O–H groups in total. The average molecular weight is 247 g/mol. The Kier molecular flexibility index (Phi) is 5.62. The van der Waals surface area contributed by atoms with Gasteiger partial charge in [0.15, 0.2) is 0 Å². The SMILES string of the molecule is CC(=O)N[C@@H](CSC1CCCCO1)C(=O)O. The lowest BCUT2D eigenvalue weighted by atomic mass is 10.2. The molecule has 0 bridgehead atoms. The van der Waals surface area contributed by atoms with Gasteiger partial charge in [0.25, 0.3) is 0 Å². The summed E-state index contributed by atoms with van der Waals surface area (Å²) < 4.78 is 5.47. The Morgan fingerprint density at radius 3 is 2.81 bits per heavy atom. The second kappa shape index (κ2) is 6.75. The van der Waals surface area contributed by atoms with E-state index in [1.807, 2.05) is 0 Å². The molecule has 16 heavy (non-hydrogen) atoms. The van der Waals surface area contributed by atoms with E-state index in [4.69, 9.17) is 9.84 Å². The maximum absolute atomic E-state index is 10.8. The molecular formula is C10H17NO4S. The maximum atomic E-state index is 10.8. The van der Waals surface area contributed by atoms with Gasteiger partial charge in [0.05, 0.1) is 0 Å². The smallest absolute Gasteiger partial charge is 0.327 e. The molecular weight excluding hydrogens is 230 g/mol. The fraction of sp³-hybridized carbons (Fsp3) is 0.800. The van der Waals surface area contributed by atoms with Crippen LogP contribution in [0.25, 0.3) is 0 Å². The predicted molar refractivity (Wildman–Crippen MR) is 61.3 cm³/mol. The predicted octanol–water partition coefficient (Wildman–Crippen LogP) is 0.835. The number of carboxylic acids is 1. The first-order chi connectivity index (χ1) is 7.59. The van der Waals surface area contributed by atoms with Crippen molar-refractivity contribution in [3.8, 4) is 0 Å². The zero-order chi connectivity index (χ0) is 12.0. The minimum absolute atomic E-state index is 0.0735. The fourth-order valence-electron chi connectivity index (χ4n) is 1.47. The number of thioether (sulfide) groups is 1. The van der Waals surface area contributed by atoms with E-state index >= 15 is 0 Å². The Morgan fingerprint density at radius 1 is 1.56 bits per heavy atom. The standard InChI is InChI=1S/C10H17NO4S/c1-7(12)11-8(10(13)14)6-16-9-4-2-3-5-15-9/h8-9H,2-6H2,1H3,(H,11,12)(H,13,14)/t8-,9?/m0/s1. The summed E-state index contributed by atoms with van der Waals surface area (Å²) in [4.78, 5) is 21.6. The summed E-state index contributed by atoms with van der Waals surface area (Å²) >= 11 is 1.46. The lowest BCUT2D eigenvalue weighted by Gasteiger charge is -2.23. The number of carbonyl (C=O) groups is 2. The summed E-state index contributed by atoms with van der Waals surface area (Å²) in [5, 5.41) is 11.3. The molecule has 0 radical (unpaired) electrons. The minimum Gasteiger partial charge on any atom is -0.480 e. The van der Waals surface area contributed by atoms with Crippen LogP contribution in [0.1, 0.15) is 26.2 Å².